The number of aromatic hydroxyl groups is 1. The molecule has 4 atom stereocenters. The van der Waals surface area contributed by atoms with Gasteiger partial charge in [-0.05, 0) is 80.7 Å². The van der Waals surface area contributed by atoms with E-state index in [-0.39, 0.29) is 42.7 Å². The average molecular weight is 472 g/mol. The third kappa shape index (κ3) is 4.62. The maximum Gasteiger partial charge on any atom is 0.222 e. The fourth-order valence-electron chi connectivity index (χ4n) is 6.62. The maximum absolute atomic E-state index is 12.6. The Hall–Kier alpha value is -2.32. The predicted molar refractivity (Wildman–Crippen MR) is 134 cm³/mol. The molecule has 8 heteroatoms. The van der Waals surface area contributed by atoms with Crippen molar-refractivity contribution in [3.05, 3.63) is 29.3 Å². The summed E-state index contributed by atoms with van der Waals surface area (Å²) in [7, 11) is 0. The van der Waals surface area contributed by atoms with Gasteiger partial charge in [0, 0.05) is 30.5 Å². The summed E-state index contributed by atoms with van der Waals surface area (Å²) in [6.45, 7) is 6.51. The van der Waals surface area contributed by atoms with Gasteiger partial charge in [0.1, 0.15) is 5.75 Å². The number of likely N-dealkylation sites (N-methyl/N-ethyl adjacent to an activating group) is 1. The Bertz CT molecular complexity index is 929. The Balaban J connectivity index is 1.65. The van der Waals surface area contributed by atoms with Crippen molar-refractivity contribution < 1.29 is 15.0 Å². The molecule has 0 aromatic heterocycles. The predicted octanol–water partition coefficient (Wildman–Crippen LogP) is 1.76. The van der Waals surface area contributed by atoms with Crippen LogP contribution in [-0.4, -0.2) is 64.3 Å². The van der Waals surface area contributed by atoms with Crippen molar-refractivity contribution >= 4 is 11.9 Å². The SMILES string of the molecule is CCN(CC1CC1)C1Cc2ccc(O)cc2C2(CC)CC(NC(=O)CCN=C(N)N)CCC12O. The summed E-state index contributed by atoms with van der Waals surface area (Å²) >= 11 is 0. The molecule has 1 aromatic carbocycles. The molecule has 2 fully saturated rings. The van der Waals surface area contributed by atoms with Crippen LogP contribution in [0.4, 0.5) is 0 Å². The molecule has 7 N–H and O–H groups in total. The summed E-state index contributed by atoms with van der Waals surface area (Å²) in [4.78, 5) is 19.0. The standard InChI is InChI=1S/C26H41N5O3/c1-3-25-15-19(30-23(33)10-12-29-24(27)28)9-11-26(25,34)22(31(4-2)16-17-5-6-17)13-18-7-8-20(32)14-21(18)25/h7-8,14,17,19,22,32,34H,3-6,9-13,15-16H2,1-2H3,(H,30,33)(H4,27,28,29). The van der Waals surface area contributed by atoms with Gasteiger partial charge in [-0.25, -0.2) is 0 Å². The largest absolute Gasteiger partial charge is 0.508 e. The smallest absolute Gasteiger partial charge is 0.222 e. The van der Waals surface area contributed by atoms with Crippen LogP contribution in [0.15, 0.2) is 23.2 Å². The molecule has 4 rings (SSSR count). The fraction of sp³-hybridized carbons (Fsp3) is 0.692. The van der Waals surface area contributed by atoms with Crippen LogP contribution < -0.4 is 16.8 Å². The van der Waals surface area contributed by atoms with E-state index in [0.29, 0.717) is 12.8 Å². The molecule has 4 unspecified atom stereocenters. The molecule has 188 valence electrons. The quantitative estimate of drug-likeness (QED) is 0.275. The van der Waals surface area contributed by atoms with Gasteiger partial charge in [0.05, 0.1) is 12.1 Å². The van der Waals surface area contributed by atoms with E-state index in [1.54, 1.807) is 6.07 Å². The number of nitrogens with two attached hydrogens (primary N) is 2. The second kappa shape index (κ2) is 9.74. The minimum atomic E-state index is -0.924. The molecule has 3 aliphatic rings. The second-order valence-corrected chi connectivity index (χ2v) is 10.5. The molecule has 34 heavy (non-hydrogen) atoms. The number of rotatable bonds is 9. The van der Waals surface area contributed by atoms with Crippen LogP contribution in [-0.2, 0) is 16.6 Å². The fourth-order valence-corrected chi connectivity index (χ4v) is 6.62. The lowest BCUT2D eigenvalue weighted by Gasteiger charge is -2.61. The van der Waals surface area contributed by atoms with Crippen molar-refractivity contribution in [1.29, 1.82) is 0 Å². The van der Waals surface area contributed by atoms with Crippen molar-refractivity contribution in [2.75, 3.05) is 19.6 Å². The first kappa shape index (κ1) is 24.8. The lowest BCUT2D eigenvalue weighted by Crippen LogP contribution is -2.70. The third-order valence-corrected chi connectivity index (χ3v) is 8.51. The average Bonchev–Trinajstić information content (AvgIpc) is 3.62. The highest BCUT2D eigenvalue weighted by Gasteiger charge is 2.61. The molecule has 8 nitrogen and oxygen atoms in total. The Morgan fingerprint density at radius 3 is 2.68 bits per heavy atom. The molecule has 1 aromatic rings. The minimum absolute atomic E-state index is 0.0168. The number of amides is 1. The highest BCUT2D eigenvalue weighted by molar-refractivity contribution is 5.78. The first-order chi connectivity index (χ1) is 16.2. The number of aliphatic imine (C=N–C) groups is 1. The lowest BCUT2D eigenvalue weighted by atomic mass is 9.50. The summed E-state index contributed by atoms with van der Waals surface area (Å²) < 4.78 is 0. The zero-order valence-electron chi connectivity index (χ0n) is 20.6. The number of carbonyl (C=O) groups excluding carboxylic acids is 1. The van der Waals surface area contributed by atoms with Gasteiger partial charge < -0.3 is 27.0 Å². The molecular weight excluding hydrogens is 430 g/mol. The van der Waals surface area contributed by atoms with Gasteiger partial charge in [0.25, 0.3) is 0 Å². The molecule has 0 aliphatic heterocycles. The van der Waals surface area contributed by atoms with Gasteiger partial charge in [-0.15, -0.1) is 0 Å². The summed E-state index contributed by atoms with van der Waals surface area (Å²) in [6.07, 6.45) is 6.27. The molecule has 0 radical (unpaired) electrons. The van der Waals surface area contributed by atoms with Crippen molar-refractivity contribution in [2.45, 2.75) is 88.3 Å². The number of hydrogen-bond donors (Lipinski definition) is 5. The Labute approximate surface area is 202 Å². The summed E-state index contributed by atoms with van der Waals surface area (Å²) in [5.41, 5.74) is 11.5. The van der Waals surface area contributed by atoms with E-state index in [1.165, 1.54) is 18.4 Å². The molecule has 0 saturated heterocycles. The third-order valence-electron chi connectivity index (χ3n) is 8.51. The molecule has 3 aliphatic carbocycles. The van der Waals surface area contributed by atoms with Crippen LogP contribution in [0.25, 0.3) is 0 Å². The van der Waals surface area contributed by atoms with E-state index in [1.807, 2.05) is 12.1 Å². The highest BCUT2D eigenvalue weighted by Crippen LogP contribution is 2.56. The van der Waals surface area contributed by atoms with E-state index in [0.717, 1.165) is 43.8 Å². The zero-order valence-corrected chi connectivity index (χ0v) is 20.6. The van der Waals surface area contributed by atoms with Gasteiger partial charge >= 0.3 is 0 Å². The monoisotopic (exact) mass is 471 g/mol. The van der Waals surface area contributed by atoms with Gasteiger partial charge in [0.2, 0.25) is 5.91 Å². The van der Waals surface area contributed by atoms with E-state index in [9.17, 15) is 15.0 Å². The van der Waals surface area contributed by atoms with Gasteiger partial charge in [-0.1, -0.05) is 19.9 Å². The summed E-state index contributed by atoms with van der Waals surface area (Å²) in [5, 5.41) is 26.1. The van der Waals surface area contributed by atoms with Gasteiger partial charge in [-0.2, -0.15) is 0 Å². The molecule has 2 saturated carbocycles. The first-order valence-electron chi connectivity index (χ1n) is 12.9. The normalized spacial score (nSPS) is 30.4. The number of carbonyl (C=O) groups is 1. The summed E-state index contributed by atoms with van der Waals surface area (Å²) in [5.74, 6) is 0.860. The Morgan fingerprint density at radius 1 is 1.26 bits per heavy atom. The maximum atomic E-state index is 12.6. The number of nitrogens with zero attached hydrogens (tertiary/aromatic N) is 2. The molecule has 0 heterocycles. The number of phenolic OH excluding ortho intramolecular Hbond substituents is 1. The number of hydrogen-bond acceptors (Lipinski definition) is 5. The number of aliphatic hydroxyl groups is 1. The van der Waals surface area contributed by atoms with Crippen LogP contribution in [0.5, 0.6) is 5.75 Å². The van der Waals surface area contributed by atoms with Crippen LogP contribution in [0.1, 0.15) is 69.9 Å². The van der Waals surface area contributed by atoms with Gasteiger partial charge in [-0.3, -0.25) is 14.7 Å². The zero-order chi connectivity index (χ0) is 24.5. The van der Waals surface area contributed by atoms with Crippen LogP contribution >= 0.6 is 0 Å². The van der Waals surface area contributed by atoms with E-state index >= 15 is 0 Å². The Kier molecular flexibility index (Phi) is 7.10. The van der Waals surface area contributed by atoms with Gasteiger partial charge in [0.15, 0.2) is 5.96 Å². The number of guanidine groups is 1. The topological polar surface area (TPSA) is 137 Å². The molecule has 0 bridgehead atoms. The van der Waals surface area contributed by atoms with Crippen molar-refractivity contribution in [3.63, 3.8) is 0 Å². The minimum Gasteiger partial charge on any atom is -0.508 e. The molecular formula is C26H41N5O3. The molecule has 1 amide bonds. The van der Waals surface area contributed by atoms with Crippen molar-refractivity contribution in [3.8, 4) is 5.75 Å². The first-order valence-corrected chi connectivity index (χ1v) is 12.9. The van der Waals surface area contributed by atoms with E-state index in [2.05, 4.69) is 29.1 Å². The number of phenols is 1. The van der Waals surface area contributed by atoms with E-state index < -0.39 is 11.0 Å². The number of benzene rings is 1. The van der Waals surface area contributed by atoms with Crippen LogP contribution in [0.3, 0.4) is 0 Å². The van der Waals surface area contributed by atoms with Crippen LogP contribution in [0, 0.1) is 5.92 Å². The lowest BCUT2D eigenvalue weighted by molar-refractivity contribution is -0.145. The number of nitrogens with one attached hydrogen (secondary N) is 1. The Morgan fingerprint density at radius 2 is 2.03 bits per heavy atom. The van der Waals surface area contributed by atoms with Crippen molar-refractivity contribution in [2.24, 2.45) is 22.4 Å². The highest BCUT2D eigenvalue weighted by atomic mass is 16.3. The number of fused-ring (bicyclic) bond motifs is 3. The van der Waals surface area contributed by atoms with E-state index in [4.69, 9.17) is 11.5 Å². The van der Waals surface area contributed by atoms with Crippen molar-refractivity contribution in [1.82, 2.24) is 10.2 Å². The van der Waals surface area contributed by atoms with Crippen LogP contribution in [0.2, 0.25) is 0 Å². The molecule has 0 spiro atoms. The second-order valence-electron chi connectivity index (χ2n) is 10.5. The summed E-state index contributed by atoms with van der Waals surface area (Å²) in [6, 6.07) is 5.59.